The van der Waals surface area contributed by atoms with E-state index in [1.807, 2.05) is 42.2 Å². The van der Waals surface area contributed by atoms with Gasteiger partial charge in [-0.3, -0.25) is 29.3 Å². The Balaban J connectivity index is 0.748. The van der Waals surface area contributed by atoms with E-state index in [-0.39, 0.29) is 106 Å². The van der Waals surface area contributed by atoms with Gasteiger partial charge in [-0.25, -0.2) is 22.4 Å². The number of halogens is 5. The summed E-state index contributed by atoms with van der Waals surface area (Å²) in [5, 5.41) is 19.5. The second-order valence-corrected chi connectivity index (χ2v) is 21.5. The quantitative estimate of drug-likeness (QED) is 0.0788. The molecule has 1 aliphatic carbocycles. The van der Waals surface area contributed by atoms with E-state index in [0.29, 0.717) is 63.3 Å². The number of amides is 5. The molecule has 5 aliphatic rings. The van der Waals surface area contributed by atoms with Crippen LogP contribution in [0, 0.1) is 35.1 Å². The number of urea groups is 1. The van der Waals surface area contributed by atoms with Gasteiger partial charge in [0.05, 0.1) is 22.6 Å². The molecule has 5 aromatic rings. The van der Waals surface area contributed by atoms with Crippen LogP contribution in [0.5, 0.6) is 11.5 Å². The molecule has 76 heavy (non-hydrogen) atoms. The lowest BCUT2D eigenvalue weighted by molar-refractivity contribution is -0.138. The van der Waals surface area contributed by atoms with Gasteiger partial charge in [0, 0.05) is 91.9 Å². The lowest BCUT2D eigenvalue weighted by atomic mass is 9.77. The average Bonchev–Trinajstić information content (AvgIpc) is 3.90. The van der Waals surface area contributed by atoms with Crippen LogP contribution < -0.4 is 30.7 Å². The molecule has 10 rings (SSSR count). The molecular weight excluding hydrogens is 1010 g/mol. The van der Waals surface area contributed by atoms with Crippen molar-refractivity contribution in [2.24, 2.45) is 24.6 Å². The minimum absolute atomic E-state index is 0.0287. The van der Waals surface area contributed by atoms with E-state index in [1.165, 1.54) is 33.8 Å². The smallest absolute Gasteiger partial charge is 0.329 e. The fourth-order valence-electron chi connectivity index (χ4n) is 12.8. The van der Waals surface area contributed by atoms with E-state index < -0.39 is 64.3 Å². The normalized spacial score (nSPS) is 23.1. The standard InChI is InChI=1S/C56H63ClF4N8O7/c1-30-44-42(28-40(59)48(57)47(44)46-37(52(62)72)13-14-41(49(46)60)75-26-25-70)76-56(30,35-7-5-4-6-8-35)29-63-36-11-9-34(10-12-36)54(73)68-22-15-32(16-23-68)31(2)67-20-17-33(18-21-67)45-39(58)27-38-51(50(45)61)66(3)65-53(38)69-24-19-43(71)64-55(69)74/h4-8,13-14,27-28,30-34,36,63,70H,9-12,15-26,29H2,1-3H3,(H2,62,72)(H,64,71,74)/t30-,31-,34?,36?,56-/m0/s1. The Morgan fingerprint density at radius 2 is 1.63 bits per heavy atom. The van der Waals surface area contributed by atoms with Gasteiger partial charge in [0.2, 0.25) is 17.7 Å². The van der Waals surface area contributed by atoms with Crippen molar-refractivity contribution in [2.75, 3.05) is 57.4 Å². The van der Waals surface area contributed by atoms with E-state index in [9.17, 15) is 24.3 Å². The second-order valence-electron chi connectivity index (χ2n) is 21.1. The topological polar surface area (TPSA) is 185 Å². The Hall–Kier alpha value is -6.28. The molecule has 1 aromatic heterocycles. The molecule has 20 heteroatoms. The van der Waals surface area contributed by atoms with Crippen molar-refractivity contribution in [3.8, 4) is 22.6 Å². The molecule has 3 saturated heterocycles. The fourth-order valence-corrected chi connectivity index (χ4v) is 13.0. The van der Waals surface area contributed by atoms with E-state index in [2.05, 4.69) is 27.6 Å². The summed E-state index contributed by atoms with van der Waals surface area (Å²) < 4.78 is 78.2. The number of primary amides is 1. The molecule has 1 saturated carbocycles. The van der Waals surface area contributed by atoms with Crippen LogP contribution >= 0.6 is 11.6 Å². The maximum atomic E-state index is 16.5. The monoisotopic (exact) mass is 1070 g/mol. The largest absolute Gasteiger partial charge is 0.488 e. The van der Waals surface area contributed by atoms with Crippen molar-refractivity contribution in [3.05, 3.63) is 105 Å². The molecule has 0 spiro atoms. The number of fused-ring (bicyclic) bond motifs is 2. The number of imide groups is 1. The van der Waals surface area contributed by atoms with Crippen LogP contribution in [0.3, 0.4) is 0 Å². The minimum atomic E-state index is -1.13. The molecule has 15 nitrogen and oxygen atoms in total. The fraction of sp³-hybridized carbons (Fsp3) is 0.482. The predicted molar refractivity (Wildman–Crippen MR) is 277 cm³/mol. The number of aryl methyl sites for hydroxylation is 1. The van der Waals surface area contributed by atoms with Crippen molar-refractivity contribution in [2.45, 2.75) is 101 Å². The summed E-state index contributed by atoms with van der Waals surface area (Å²) in [6.45, 7) is 6.48. The van der Waals surface area contributed by atoms with Crippen LogP contribution in [0.4, 0.5) is 28.2 Å². The van der Waals surface area contributed by atoms with Crippen molar-refractivity contribution in [1.29, 1.82) is 0 Å². The highest BCUT2D eigenvalue weighted by atomic mass is 35.5. The third-order valence-electron chi connectivity index (χ3n) is 17.0. The number of anilines is 1. The third-order valence-corrected chi connectivity index (χ3v) is 17.4. The molecule has 0 radical (unpaired) electrons. The lowest BCUT2D eigenvalue weighted by Gasteiger charge is -2.43. The maximum Gasteiger partial charge on any atom is 0.329 e. The van der Waals surface area contributed by atoms with Crippen molar-refractivity contribution < 1.29 is 51.3 Å². The first-order valence-corrected chi connectivity index (χ1v) is 26.7. The molecule has 404 valence electrons. The van der Waals surface area contributed by atoms with Crippen LogP contribution in [-0.2, 0) is 22.2 Å². The van der Waals surface area contributed by atoms with E-state index in [0.717, 1.165) is 31.2 Å². The highest BCUT2D eigenvalue weighted by molar-refractivity contribution is 6.34. The third kappa shape index (κ3) is 9.65. The number of aliphatic hydroxyl groups excluding tert-OH is 1. The number of aromatic nitrogens is 2. The van der Waals surface area contributed by atoms with Gasteiger partial charge in [0.1, 0.15) is 29.5 Å². The first kappa shape index (κ1) is 53.1. The Kier molecular flexibility index (Phi) is 15.1. The summed E-state index contributed by atoms with van der Waals surface area (Å²) in [4.78, 5) is 56.8. The van der Waals surface area contributed by atoms with Gasteiger partial charge in [0.15, 0.2) is 28.8 Å². The summed E-state index contributed by atoms with van der Waals surface area (Å²) in [7, 11) is 1.56. The zero-order valence-electron chi connectivity index (χ0n) is 42.8. The summed E-state index contributed by atoms with van der Waals surface area (Å²) in [6.07, 6.45) is 5.76. The van der Waals surface area contributed by atoms with Gasteiger partial charge in [0.25, 0.3) is 0 Å². The number of piperidine rings is 2. The minimum Gasteiger partial charge on any atom is -0.488 e. The first-order valence-electron chi connectivity index (χ1n) is 26.4. The summed E-state index contributed by atoms with van der Waals surface area (Å²) in [5.74, 6) is -5.13. The van der Waals surface area contributed by atoms with Crippen molar-refractivity contribution in [3.63, 3.8) is 0 Å². The second kappa shape index (κ2) is 21.6. The molecule has 0 unspecified atom stereocenters. The number of nitrogens with one attached hydrogen (secondary N) is 2. The molecule has 3 atom stereocenters. The molecule has 4 aliphatic heterocycles. The number of aliphatic hydroxyl groups is 1. The first-order chi connectivity index (χ1) is 36.5. The van der Waals surface area contributed by atoms with Gasteiger partial charge < -0.3 is 35.4 Å². The van der Waals surface area contributed by atoms with Gasteiger partial charge in [-0.1, -0.05) is 48.9 Å². The Labute approximate surface area is 443 Å². The predicted octanol–water partition coefficient (Wildman–Crippen LogP) is 8.41. The van der Waals surface area contributed by atoms with E-state index in [4.69, 9.17) is 26.8 Å². The molecule has 5 amide bonds. The Morgan fingerprint density at radius 1 is 0.921 bits per heavy atom. The number of carbonyl (C=O) groups is 4. The van der Waals surface area contributed by atoms with Crippen LogP contribution in [-0.4, -0.2) is 113 Å². The van der Waals surface area contributed by atoms with Crippen LogP contribution in [0.15, 0.2) is 54.6 Å². The molecule has 5 heterocycles. The highest BCUT2D eigenvalue weighted by Crippen LogP contribution is 2.57. The van der Waals surface area contributed by atoms with E-state index >= 15 is 17.6 Å². The Bertz CT molecular complexity index is 3070. The van der Waals surface area contributed by atoms with Crippen molar-refractivity contribution >= 4 is 52.1 Å². The average molecular weight is 1070 g/mol. The number of ether oxygens (including phenoxy) is 2. The SMILES string of the molecule is C[C@@H](C1CCN(C(=O)C2CCC(NC[C@]3(c4ccccc4)Oc4cc(F)c(Cl)c(-c5c(C(N)=O)ccc(OCCO)c5F)c4[C@@H]3C)CC2)CC1)N1CCC(c2c(F)cc3c(N4CCC(=O)NC4=O)nn(C)c3c2F)CC1. The van der Waals surface area contributed by atoms with Crippen molar-refractivity contribution in [1.82, 2.24) is 30.2 Å². The number of carbonyl (C=O) groups excluding carboxylic acids is 4. The molecule has 0 bridgehead atoms. The van der Waals surface area contributed by atoms with Gasteiger partial charge >= 0.3 is 6.03 Å². The molecule has 5 N–H and O–H groups in total. The Morgan fingerprint density at radius 3 is 2.30 bits per heavy atom. The number of nitrogens with zero attached hydrogens (tertiary/aromatic N) is 5. The molecule has 4 fully saturated rings. The molecule has 4 aromatic carbocycles. The summed E-state index contributed by atoms with van der Waals surface area (Å²) >= 11 is 6.72. The summed E-state index contributed by atoms with van der Waals surface area (Å²) in [6, 6.07) is 14.0. The maximum absolute atomic E-state index is 16.5. The van der Waals surface area contributed by atoms with Gasteiger partial charge in [-0.15, -0.1) is 0 Å². The number of rotatable bonds is 14. The number of hydrogen-bond donors (Lipinski definition) is 4. The van der Waals surface area contributed by atoms with Gasteiger partial charge in [-0.2, -0.15) is 5.10 Å². The number of nitrogens with two attached hydrogens (primary N) is 1. The highest BCUT2D eigenvalue weighted by Gasteiger charge is 2.50. The molecular formula is C56H63ClF4N8O7. The zero-order chi connectivity index (χ0) is 53.7. The van der Waals surface area contributed by atoms with Crippen LogP contribution in [0.2, 0.25) is 5.02 Å². The van der Waals surface area contributed by atoms with Crippen LogP contribution in [0.1, 0.15) is 111 Å². The summed E-state index contributed by atoms with van der Waals surface area (Å²) in [5.41, 5.74) is 5.32. The van der Waals surface area contributed by atoms with Crippen LogP contribution in [0.25, 0.3) is 22.0 Å². The lowest BCUT2D eigenvalue weighted by Crippen LogP contribution is -2.50. The number of likely N-dealkylation sites (tertiary alicyclic amines) is 2. The zero-order valence-corrected chi connectivity index (χ0v) is 43.5. The van der Waals surface area contributed by atoms with E-state index in [1.54, 1.807) is 7.05 Å². The number of benzene rings is 4. The van der Waals surface area contributed by atoms with Gasteiger partial charge in [-0.05, 0) is 107 Å². The number of hydrogen-bond acceptors (Lipinski definition) is 10.